The highest BCUT2D eigenvalue weighted by Crippen LogP contribution is 2.15. The van der Waals surface area contributed by atoms with Gasteiger partial charge in [-0.25, -0.2) is 0 Å². The predicted octanol–water partition coefficient (Wildman–Crippen LogP) is 1.43. The molecule has 0 aromatic heterocycles. The van der Waals surface area contributed by atoms with Crippen LogP contribution in [-0.4, -0.2) is 40.9 Å². The first-order chi connectivity index (χ1) is 6.70. The Balaban J connectivity index is 2.25. The fourth-order valence-electron chi connectivity index (χ4n) is 1.33. The summed E-state index contributed by atoms with van der Waals surface area (Å²) in [5.41, 5.74) is 0. The number of hydrogen-bond acceptors (Lipinski definition) is 4. The van der Waals surface area contributed by atoms with E-state index in [1.54, 1.807) is 0 Å². The summed E-state index contributed by atoms with van der Waals surface area (Å²) in [6.45, 7) is 8.15. The number of rotatable bonds is 7. The van der Waals surface area contributed by atoms with Gasteiger partial charge in [0.05, 0.1) is 12.8 Å². The molecule has 1 aliphatic heterocycles. The quantitative estimate of drug-likeness (QED) is 0.608. The Morgan fingerprint density at radius 1 is 1.29 bits per heavy atom. The van der Waals surface area contributed by atoms with Gasteiger partial charge in [0, 0.05) is 19.6 Å². The maximum absolute atomic E-state index is 5.62. The summed E-state index contributed by atoms with van der Waals surface area (Å²) >= 11 is 0. The average molecular weight is 220 g/mol. The van der Waals surface area contributed by atoms with Gasteiger partial charge in [-0.3, -0.25) is 0 Å². The zero-order valence-corrected chi connectivity index (χ0v) is 10.2. The Bertz CT molecular complexity index is 155. The van der Waals surface area contributed by atoms with Crippen molar-refractivity contribution in [3.05, 3.63) is 0 Å². The molecule has 1 rings (SSSR count). The van der Waals surface area contributed by atoms with Crippen molar-refractivity contribution in [3.8, 4) is 0 Å². The van der Waals surface area contributed by atoms with Crippen LogP contribution in [0.2, 0.25) is 6.55 Å². The van der Waals surface area contributed by atoms with Crippen LogP contribution in [0.25, 0.3) is 0 Å². The highest BCUT2D eigenvalue weighted by molar-refractivity contribution is 6.65. The predicted molar refractivity (Wildman–Crippen MR) is 55.2 cm³/mol. The zero-order valence-electron chi connectivity index (χ0n) is 9.25. The van der Waals surface area contributed by atoms with Crippen molar-refractivity contribution in [1.82, 2.24) is 0 Å². The molecular weight excluding hydrogens is 200 g/mol. The summed E-state index contributed by atoms with van der Waals surface area (Å²) in [6.07, 6.45) is 1.52. The van der Waals surface area contributed by atoms with Crippen molar-refractivity contribution >= 4 is 8.56 Å². The third-order valence-electron chi connectivity index (χ3n) is 2.09. The Morgan fingerprint density at radius 2 is 1.86 bits per heavy atom. The van der Waals surface area contributed by atoms with Crippen LogP contribution in [-0.2, 0) is 18.3 Å². The second kappa shape index (κ2) is 5.82. The normalized spacial score (nSPS) is 22.1. The van der Waals surface area contributed by atoms with E-state index >= 15 is 0 Å². The van der Waals surface area contributed by atoms with E-state index in [0.717, 1.165) is 13.0 Å². The molecule has 1 atom stereocenters. The first-order valence-electron chi connectivity index (χ1n) is 5.21. The third-order valence-corrected chi connectivity index (χ3v) is 4.58. The Hall–Kier alpha value is 0.0569. The van der Waals surface area contributed by atoms with Gasteiger partial charge in [0.1, 0.15) is 0 Å². The monoisotopic (exact) mass is 220 g/mol. The summed E-state index contributed by atoms with van der Waals surface area (Å²) in [7, 11) is -2.10. The van der Waals surface area contributed by atoms with Gasteiger partial charge in [0.15, 0.2) is 6.29 Å². The van der Waals surface area contributed by atoms with Crippen molar-refractivity contribution in [3.63, 3.8) is 0 Å². The first-order valence-corrected chi connectivity index (χ1v) is 7.73. The Kier molecular flexibility index (Phi) is 5.04. The van der Waals surface area contributed by atoms with Crippen LogP contribution in [0.5, 0.6) is 0 Å². The van der Waals surface area contributed by atoms with Gasteiger partial charge < -0.3 is 18.3 Å². The smallest absolute Gasteiger partial charge is 0.361 e. The molecule has 0 N–H and O–H groups in total. The topological polar surface area (TPSA) is 36.9 Å². The fourth-order valence-corrected chi connectivity index (χ4v) is 3.29. The van der Waals surface area contributed by atoms with Gasteiger partial charge in [-0.2, -0.15) is 0 Å². The Labute approximate surface area is 86.7 Å². The van der Waals surface area contributed by atoms with Crippen LogP contribution in [0.1, 0.15) is 20.3 Å². The van der Waals surface area contributed by atoms with Crippen LogP contribution in [0.15, 0.2) is 0 Å². The van der Waals surface area contributed by atoms with Crippen LogP contribution >= 0.6 is 0 Å². The molecule has 4 nitrogen and oxygen atoms in total. The van der Waals surface area contributed by atoms with E-state index in [1.807, 2.05) is 20.4 Å². The van der Waals surface area contributed by atoms with E-state index in [2.05, 4.69) is 0 Å². The maximum Gasteiger partial charge on any atom is 0.361 e. The molecule has 0 saturated carbocycles. The SMILES string of the molecule is CCO[Si](C)(COC1CCO1)OCC. The summed E-state index contributed by atoms with van der Waals surface area (Å²) < 4.78 is 22.0. The number of hydrogen-bond donors (Lipinski definition) is 0. The second-order valence-corrected chi connectivity index (χ2v) is 6.53. The molecule has 0 aliphatic carbocycles. The van der Waals surface area contributed by atoms with E-state index in [4.69, 9.17) is 18.3 Å². The minimum atomic E-state index is -2.10. The largest absolute Gasteiger partial charge is 0.393 e. The molecule has 1 unspecified atom stereocenters. The molecule has 14 heavy (non-hydrogen) atoms. The highest BCUT2D eigenvalue weighted by atomic mass is 28.4. The molecule has 0 spiro atoms. The van der Waals surface area contributed by atoms with Crippen LogP contribution in [0, 0.1) is 0 Å². The molecular formula is C9H20O4Si. The number of ether oxygens (including phenoxy) is 2. The lowest BCUT2D eigenvalue weighted by molar-refractivity contribution is -0.209. The fraction of sp³-hybridized carbons (Fsp3) is 1.00. The summed E-state index contributed by atoms with van der Waals surface area (Å²) in [5, 5.41) is 0. The molecule has 1 heterocycles. The lowest BCUT2D eigenvalue weighted by Crippen LogP contribution is -2.47. The van der Waals surface area contributed by atoms with Crippen molar-refractivity contribution in [2.75, 3.05) is 26.1 Å². The van der Waals surface area contributed by atoms with Crippen molar-refractivity contribution in [2.24, 2.45) is 0 Å². The molecule has 84 valence electrons. The van der Waals surface area contributed by atoms with Crippen molar-refractivity contribution in [2.45, 2.75) is 33.1 Å². The van der Waals surface area contributed by atoms with Gasteiger partial charge in [-0.05, 0) is 20.4 Å². The van der Waals surface area contributed by atoms with E-state index in [0.29, 0.717) is 19.4 Å². The molecule has 1 aliphatic rings. The minimum Gasteiger partial charge on any atom is -0.393 e. The minimum absolute atomic E-state index is 0.0252. The molecule has 0 amide bonds. The van der Waals surface area contributed by atoms with E-state index in [9.17, 15) is 0 Å². The molecule has 0 aromatic carbocycles. The van der Waals surface area contributed by atoms with Gasteiger partial charge in [-0.1, -0.05) is 0 Å². The maximum atomic E-state index is 5.62. The van der Waals surface area contributed by atoms with Gasteiger partial charge >= 0.3 is 8.56 Å². The lowest BCUT2D eigenvalue weighted by Gasteiger charge is -2.31. The lowest BCUT2D eigenvalue weighted by atomic mass is 10.3. The van der Waals surface area contributed by atoms with Crippen LogP contribution in [0.3, 0.4) is 0 Å². The van der Waals surface area contributed by atoms with Crippen molar-refractivity contribution in [1.29, 1.82) is 0 Å². The average Bonchev–Trinajstić information content (AvgIpc) is 2.02. The van der Waals surface area contributed by atoms with Gasteiger partial charge in [0.25, 0.3) is 0 Å². The molecule has 0 bridgehead atoms. The van der Waals surface area contributed by atoms with Crippen molar-refractivity contribution < 1.29 is 18.3 Å². The first kappa shape index (κ1) is 12.1. The molecule has 5 heteroatoms. The third kappa shape index (κ3) is 3.66. The summed E-state index contributed by atoms with van der Waals surface area (Å²) in [5.74, 6) is 0. The zero-order chi connectivity index (χ0) is 10.4. The van der Waals surface area contributed by atoms with E-state index in [-0.39, 0.29) is 6.29 Å². The molecule has 0 radical (unpaired) electrons. The molecule has 0 aromatic rings. The molecule has 1 saturated heterocycles. The highest BCUT2D eigenvalue weighted by Gasteiger charge is 2.33. The molecule has 1 fully saturated rings. The van der Waals surface area contributed by atoms with Crippen LogP contribution in [0.4, 0.5) is 0 Å². The standard InChI is InChI=1S/C9H20O4Si/c1-4-12-14(3,13-5-2)8-11-9-6-7-10-9/h9H,4-8H2,1-3H3. The summed E-state index contributed by atoms with van der Waals surface area (Å²) in [4.78, 5) is 0. The van der Waals surface area contributed by atoms with E-state index in [1.165, 1.54) is 0 Å². The van der Waals surface area contributed by atoms with Crippen LogP contribution < -0.4 is 0 Å². The summed E-state index contributed by atoms with van der Waals surface area (Å²) in [6, 6.07) is 0. The van der Waals surface area contributed by atoms with Gasteiger partial charge in [-0.15, -0.1) is 0 Å². The second-order valence-electron chi connectivity index (χ2n) is 3.40. The van der Waals surface area contributed by atoms with Gasteiger partial charge in [0.2, 0.25) is 0 Å². The van der Waals surface area contributed by atoms with E-state index < -0.39 is 8.56 Å². The Morgan fingerprint density at radius 3 is 2.21 bits per heavy atom.